The molecule has 0 unspecified atom stereocenters. The van der Waals surface area contributed by atoms with Gasteiger partial charge in [0.1, 0.15) is 5.82 Å². The zero-order valence-corrected chi connectivity index (χ0v) is 12.3. The van der Waals surface area contributed by atoms with Crippen LogP contribution in [0.25, 0.3) is 0 Å². The van der Waals surface area contributed by atoms with Gasteiger partial charge in [-0.05, 0) is 31.6 Å². The average Bonchev–Trinajstić information content (AvgIpc) is 2.75. The first-order valence-corrected chi connectivity index (χ1v) is 7.31. The number of amides is 1. The van der Waals surface area contributed by atoms with Crippen LogP contribution in [0, 0.1) is 18.8 Å². The normalized spacial score (nSPS) is 17.2. The largest absolute Gasteiger partial charge is 0.343 e. The highest BCUT2D eigenvalue weighted by Gasteiger charge is 2.23. The number of nitrogens with zero attached hydrogens (tertiary/aromatic N) is 3. The van der Waals surface area contributed by atoms with Gasteiger partial charge in [-0.2, -0.15) is 0 Å². The predicted octanol–water partition coefficient (Wildman–Crippen LogP) is 2.48. The van der Waals surface area contributed by atoms with Crippen molar-refractivity contribution in [2.24, 2.45) is 11.8 Å². The van der Waals surface area contributed by atoms with E-state index < -0.39 is 0 Å². The molecule has 1 saturated heterocycles. The van der Waals surface area contributed by atoms with E-state index in [1.54, 1.807) is 0 Å². The van der Waals surface area contributed by atoms with E-state index in [0.717, 1.165) is 38.3 Å². The molecule has 1 aromatic heterocycles. The topological polar surface area (TPSA) is 38.1 Å². The summed E-state index contributed by atoms with van der Waals surface area (Å²) in [5.41, 5.74) is 0. The van der Waals surface area contributed by atoms with Crippen LogP contribution < -0.4 is 0 Å². The average molecular weight is 263 g/mol. The summed E-state index contributed by atoms with van der Waals surface area (Å²) in [4.78, 5) is 18.3. The minimum absolute atomic E-state index is 0.326. The van der Waals surface area contributed by atoms with E-state index in [1.165, 1.54) is 0 Å². The zero-order chi connectivity index (χ0) is 13.8. The van der Waals surface area contributed by atoms with Gasteiger partial charge in [0.25, 0.3) is 0 Å². The summed E-state index contributed by atoms with van der Waals surface area (Å²) in [6.07, 6.45) is 6.82. The van der Waals surface area contributed by atoms with E-state index in [9.17, 15) is 4.79 Å². The first-order chi connectivity index (χ1) is 9.06. The molecule has 0 bridgehead atoms. The van der Waals surface area contributed by atoms with Gasteiger partial charge in [0.2, 0.25) is 5.91 Å². The van der Waals surface area contributed by atoms with Crippen molar-refractivity contribution in [2.75, 3.05) is 13.1 Å². The van der Waals surface area contributed by atoms with Gasteiger partial charge in [-0.15, -0.1) is 0 Å². The maximum Gasteiger partial charge on any atom is 0.222 e. The second-order valence-electron chi connectivity index (χ2n) is 6.05. The van der Waals surface area contributed by atoms with Crippen LogP contribution in [0.1, 0.15) is 38.9 Å². The number of rotatable bonds is 4. The standard InChI is InChI=1S/C15H25N3O/c1-12(2)10-15(19)17-7-4-14(5-8-17)11-18-9-6-16-13(18)3/h6,9,12,14H,4-5,7-8,10-11H2,1-3H3. The Labute approximate surface area is 115 Å². The molecule has 1 aliphatic rings. The molecule has 0 aromatic carbocycles. The molecule has 1 aromatic rings. The van der Waals surface area contributed by atoms with Crippen LogP contribution in [0.5, 0.6) is 0 Å². The van der Waals surface area contributed by atoms with E-state index in [1.807, 2.05) is 24.2 Å². The van der Waals surface area contributed by atoms with Gasteiger partial charge in [-0.3, -0.25) is 4.79 Å². The molecular weight excluding hydrogens is 238 g/mol. The summed E-state index contributed by atoms with van der Waals surface area (Å²) in [7, 11) is 0. The van der Waals surface area contributed by atoms with Crippen molar-refractivity contribution in [3.8, 4) is 0 Å². The minimum Gasteiger partial charge on any atom is -0.343 e. The van der Waals surface area contributed by atoms with Crippen LogP contribution in [-0.2, 0) is 11.3 Å². The highest BCUT2D eigenvalue weighted by Crippen LogP contribution is 2.20. The molecule has 4 heteroatoms. The molecule has 19 heavy (non-hydrogen) atoms. The van der Waals surface area contributed by atoms with E-state index in [0.29, 0.717) is 24.2 Å². The van der Waals surface area contributed by atoms with E-state index in [-0.39, 0.29) is 0 Å². The summed E-state index contributed by atoms with van der Waals surface area (Å²) in [6, 6.07) is 0. The van der Waals surface area contributed by atoms with Crippen molar-refractivity contribution in [3.05, 3.63) is 18.2 Å². The maximum absolute atomic E-state index is 12.0. The second kappa shape index (κ2) is 6.22. The first kappa shape index (κ1) is 14.1. The smallest absolute Gasteiger partial charge is 0.222 e. The zero-order valence-electron chi connectivity index (χ0n) is 12.3. The summed E-state index contributed by atoms with van der Waals surface area (Å²) >= 11 is 0. The Balaban J connectivity index is 1.79. The molecule has 2 heterocycles. The molecule has 0 N–H and O–H groups in total. The van der Waals surface area contributed by atoms with Crippen LogP contribution in [0.2, 0.25) is 0 Å². The van der Waals surface area contributed by atoms with E-state index in [2.05, 4.69) is 23.4 Å². The lowest BCUT2D eigenvalue weighted by atomic mass is 9.96. The lowest BCUT2D eigenvalue weighted by Crippen LogP contribution is -2.39. The Morgan fingerprint density at radius 3 is 2.63 bits per heavy atom. The first-order valence-electron chi connectivity index (χ1n) is 7.31. The van der Waals surface area contributed by atoms with Crippen LogP contribution >= 0.6 is 0 Å². The summed E-state index contributed by atoms with van der Waals surface area (Å²) in [5.74, 6) is 2.54. The minimum atomic E-state index is 0.326. The fourth-order valence-electron chi connectivity index (χ4n) is 2.72. The number of aromatic nitrogens is 2. The second-order valence-corrected chi connectivity index (χ2v) is 6.05. The number of imidazole rings is 1. The molecular formula is C15H25N3O. The Hall–Kier alpha value is -1.32. The molecule has 0 saturated carbocycles. The molecule has 2 rings (SSSR count). The van der Waals surface area contributed by atoms with Crippen LogP contribution in [0.15, 0.2) is 12.4 Å². The third-order valence-corrected chi connectivity index (χ3v) is 3.93. The monoisotopic (exact) mass is 263 g/mol. The van der Waals surface area contributed by atoms with Crippen molar-refractivity contribution in [1.82, 2.24) is 14.5 Å². The van der Waals surface area contributed by atoms with E-state index in [4.69, 9.17) is 0 Å². The quantitative estimate of drug-likeness (QED) is 0.837. The van der Waals surface area contributed by atoms with Crippen LogP contribution in [0.3, 0.4) is 0 Å². The van der Waals surface area contributed by atoms with Gasteiger partial charge in [0, 0.05) is 38.4 Å². The lowest BCUT2D eigenvalue weighted by Gasteiger charge is -2.32. The predicted molar refractivity (Wildman–Crippen MR) is 75.7 cm³/mol. The Kier molecular flexibility index (Phi) is 4.61. The van der Waals surface area contributed by atoms with Crippen molar-refractivity contribution < 1.29 is 4.79 Å². The number of hydrogen-bond acceptors (Lipinski definition) is 2. The summed E-state index contributed by atoms with van der Waals surface area (Å²) < 4.78 is 2.22. The van der Waals surface area contributed by atoms with Gasteiger partial charge < -0.3 is 9.47 Å². The van der Waals surface area contributed by atoms with Gasteiger partial charge in [0.15, 0.2) is 0 Å². The molecule has 1 aliphatic heterocycles. The molecule has 1 amide bonds. The third kappa shape index (κ3) is 3.82. The fraction of sp³-hybridized carbons (Fsp3) is 0.733. The van der Waals surface area contributed by atoms with Crippen LogP contribution in [-0.4, -0.2) is 33.4 Å². The highest BCUT2D eigenvalue weighted by molar-refractivity contribution is 5.76. The summed E-state index contributed by atoms with van der Waals surface area (Å²) in [5, 5.41) is 0. The molecule has 0 radical (unpaired) electrons. The Morgan fingerprint density at radius 1 is 1.42 bits per heavy atom. The number of carbonyl (C=O) groups is 1. The van der Waals surface area contributed by atoms with Crippen molar-refractivity contribution in [1.29, 1.82) is 0 Å². The molecule has 0 spiro atoms. The van der Waals surface area contributed by atoms with Gasteiger partial charge >= 0.3 is 0 Å². The number of aryl methyl sites for hydroxylation is 1. The van der Waals surface area contributed by atoms with E-state index >= 15 is 0 Å². The SMILES string of the molecule is Cc1nccn1CC1CCN(C(=O)CC(C)C)CC1. The lowest BCUT2D eigenvalue weighted by molar-refractivity contribution is -0.133. The summed E-state index contributed by atoms with van der Waals surface area (Å²) in [6.45, 7) is 9.13. The molecule has 4 nitrogen and oxygen atoms in total. The Bertz CT molecular complexity index is 417. The fourth-order valence-corrected chi connectivity index (χ4v) is 2.72. The van der Waals surface area contributed by atoms with Gasteiger partial charge in [0.05, 0.1) is 0 Å². The molecule has 0 aliphatic carbocycles. The maximum atomic E-state index is 12.0. The number of carbonyl (C=O) groups excluding carboxylic acids is 1. The highest BCUT2D eigenvalue weighted by atomic mass is 16.2. The van der Waals surface area contributed by atoms with Crippen LogP contribution in [0.4, 0.5) is 0 Å². The number of hydrogen-bond donors (Lipinski definition) is 0. The van der Waals surface area contributed by atoms with Crippen molar-refractivity contribution in [3.63, 3.8) is 0 Å². The number of likely N-dealkylation sites (tertiary alicyclic amines) is 1. The number of piperidine rings is 1. The van der Waals surface area contributed by atoms with Gasteiger partial charge in [-0.25, -0.2) is 4.98 Å². The third-order valence-electron chi connectivity index (χ3n) is 3.93. The van der Waals surface area contributed by atoms with Crippen molar-refractivity contribution in [2.45, 2.75) is 46.6 Å². The molecule has 1 fully saturated rings. The molecule has 106 valence electrons. The Morgan fingerprint density at radius 2 is 2.11 bits per heavy atom. The van der Waals surface area contributed by atoms with Crippen molar-refractivity contribution >= 4 is 5.91 Å². The molecule has 0 atom stereocenters. The van der Waals surface area contributed by atoms with Gasteiger partial charge in [-0.1, -0.05) is 13.8 Å².